The Hall–Kier alpha value is -0.110. The Balaban J connectivity index is 2.86. The second-order valence-corrected chi connectivity index (χ2v) is 6.05. The SMILES string of the molecule is CCCCC1(CC)CCN(CC)CC1(C)CF. The van der Waals surface area contributed by atoms with Crippen molar-refractivity contribution in [3.63, 3.8) is 0 Å². The maximum atomic E-state index is 13.7. The highest BCUT2D eigenvalue weighted by atomic mass is 19.1. The number of halogens is 1. The summed E-state index contributed by atoms with van der Waals surface area (Å²) < 4.78 is 13.7. The molecule has 0 amide bonds. The van der Waals surface area contributed by atoms with E-state index in [1.54, 1.807) is 0 Å². The molecule has 0 radical (unpaired) electrons. The fourth-order valence-corrected chi connectivity index (χ4v) is 3.59. The van der Waals surface area contributed by atoms with Crippen molar-refractivity contribution in [2.45, 2.75) is 59.8 Å². The number of alkyl halides is 1. The molecule has 1 fully saturated rings. The zero-order valence-corrected chi connectivity index (χ0v) is 12.2. The molecule has 0 aromatic carbocycles. The first-order valence-electron chi connectivity index (χ1n) is 7.36. The molecule has 1 nitrogen and oxygen atoms in total. The highest BCUT2D eigenvalue weighted by molar-refractivity contribution is 5.00. The van der Waals surface area contributed by atoms with Gasteiger partial charge in [-0.1, -0.05) is 40.5 Å². The van der Waals surface area contributed by atoms with Gasteiger partial charge in [-0.2, -0.15) is 0 Å². The van der Waals surface area contributed by atoms with Gasteiger partial charge in [0.1, 0.15) is 0 Å². The summed E-state index contributed by atoms with van der Waals surface area (Å²) >= 11 is 0. The van der Waals surface area contributed by atoms with Crippen molar-refractivity contribution in [1.29, 1.82) is 0 Å². The van der Waals surface area contributed by atoms with Crippen LogP contribution in [0.15, 0.2) is 0 Å². The molecule has 17 heavy (non-hydrogen) atoms. The van der Waals surface area contributed by atoms with E-state index >= 15 is 0 Å². The lowest BCUT2D eigenvalue weighted by Crippen LogP contribution is -2.55. The van der Waals surface area contributed by atoms with Crippen molar-refractivity contribution in [3.05, 3.63) is 0 Å². The molecule has 0 aromatic heterocycles. The largest absolute Gasteiger partial charge is 0.303 e. The van der Waals surface area contributed by atoms with Gasteiger partial charge in [-0.15, -0.1) is 0 Å². The molecule has 2 atom stereocenters. The van der Waals surface area contributed by atoms with Gasteiger partial charge in [-0.3, -0.25) is 4.39 Å². The molecule has 1 aliphatic rings. The zero-order chi connectivity index (χ0) is 12.9. The van der Waals surface area contributed by atoms with Crippen molar-refractivity contribution in [1.82, 2.24) is 4.90 Å². The average molecular weight is 243 g/mol. The van der Waals surface area contributed by atoms with E-state index in [-0.39, 0.29) is 17.5 Å². The number of hydrogen-bond donors (Lipinski definition) is 0. The van der Waals surface area contributed by atoms with Crippen LogP contribution in [0.2, 0.25) is 0 Å². The topological polar surface area (TPSA) is 3.24 Å². The van der Waals surface area contributed by atoms with Crippen LogP contribution in [-0.2, 0) is 0 Å². The predicted molar refractivity (Wildman–Crippen MR) is 73.1 cm³/mol. The molecular weight excluding hydrogens is 213 g/mol. The number of likely N-dealkylation sites (tertiary alicyclic amines) is 1. The van der Waals surface area contributed by atoms with E-state index in [2.05, 4.69) is 32.6 Å². The number of piperidine rings is 1. The summed E-state index contributed by atoms with van der Waals surface area (Å²) in [6.07, 6.45) is 5.98. The summed E-state index contributed by atoms with van der Waals surface area (Å²) in [6.45, 7) is 11.8. The molecule has 102 valence electrons. The van der Waals surface area contributed by atoms with Crippen LogP contribution in [0.4, 0.5) is 4.39 Å². The van der Waals surface area contributed by atoms with Crippen molar-refractivity contribution in [3.8, 4) is 0 Å². The molecule has 0 spiro atoms. The van der Waals surface area contributed by atoms with Crippen molar-refractivity contribution < 1.29 is 4.39 Å². The third-order valence-corrected chi connectivity index (χ3v) is 5.19. The van der Waals surface area contributed by atoms with Crippen LogP contribution in [0.1, 0.15) is 59.8 Å². The summed E-state index contributed by atoms with van der Waals surface area (Å²) in [5, 5.41) is 0. The molecule has 0 bridgehead atoms. The zero-order valence-electron chi connectivity index (χ0n) is 12.2. The monoisotopic (exact) mass is 243 g/mol. The summed E-state index contributed by atoms with van der Waals surface area (Å²) in [4.78, 5) is 2.42. The highest BCUT2D eigenvalue weighted by Crippen LogP contribution is 2.52. The third kappa shape index (κ3) is 2.83. The van der Waals surface area contributed by atoms with Crippen LogP contribution >= 0.6 is 0 Å². The summed E-state index contributed by atoms with van der Waals surface area (Å²) in [7, 11) is 0. The first kappa shape index (κ1) is 14.9. The molecule has 1 heterocycles. The quantitative estimate of drug-likeness (QED) is 0.673. The fourth-order valence-electron chi connectivity index (χ4n) is 3.59. The Morgan fingerprint density at radius 1 is 1.24 bits per heavy atom. The second-order valence-electron chi connectivity index (χ2n) is 6.05. The number of hydrogen-bond acceptors (Lipinski definition) is 1. The molecule has 1 saturated heterocycles. The summed E-state index contributed by atoms with van der Waals surface area (Å²) in [5.74, 6) is 0. The van der Waals surface area contributed by atoms with Gasteiger partial charge in [0, 0.05) is 12.0 Å². The van der Waals surface area contributed by atoms with Crippen LogP contribution < -0.4 is 0 Å². The maximum absolute atomic E-state index is 13.7. The predicted octanol–water partition coefficient (Wildman–Crippen LogP) is 4.27. The van der Waals surface area contributed by atoms with Gasteiger partial charge in [0.05, 0.1) is 6.67 Å². The van der Waals surface area contributed by atoms with E-state index in [0.717, 1.165) is 26.1 Å². The van der Waals surface area contributed by atoms with Crippen LogP contribution in [0.5, 0.6) is 0 Å². The van der Waals surface area contributed by atoms with E-state index < -0.39 is 0 Å². The molecule has 0 aliphatic carbocycles. The lowest BCUT2D eigenvalue weighted by atomic mass is 9.57. The van der Waals surface area contributed by atoms with Crippen molar-refractivity contribution >= 4 is 0 Å². The highest BCUT2D eigenvalue weighted by Gasteiger charge is 2.49. The van der Waals surface area contributed by atoms with Gasteiger partial charge in [-0.25, -0.2) is 0 Å². The smallest absolute Gasteiger partial charge is 0.0965 e. The van der Waals surface area contributed by atoms with E-state index in [0.29, 0.717) is 0 Å². The lowest BCUT2D eigenvalue weighted by molar-refractivity contribution is -0.0660. The Labute approximate surface area is 107 Å². The minimum atomic E-state index is -0.166. The minimum Gasteiger partial charge on any atom is -0.303 e. The van der Waals surface area contributed by atoms with Gasteiger partial charge < -0.3 is 4.90 Å². The van der Waals surface area contributed by atoms with Crippen LogP contribution in [-0.4, -0.2) is 31.2 Å². The molecule has 0 N–H and O–H groups in total. The van der Waals surface area contributed by atoms with Crippen LogP contribution in [0.3, 0.4) is 0 Å². The van der Waals surface area contributed by atoms with E-state index in [1.807, 2.05) is 0 Å². The molecule has 2 unspecified atom stereocenters. The second kappa shape index (κ2) is 6.17. The average Bonchev–Trinajstić information content (AvgIpc) is 2.37. The minimum absolute atomic E-state index is 0.134. The summed E-state index contributed by atoms with van der Waals surface area (Å²) in [5.41, 5.74) is 0.106. The number of nitrogens with zero attached hydrogens (tertiary/aromatic N) is 1. The first-order chi connectivity index (χ1) is 8.07. The maximum Gasteiger partial charge on any atom is 0.0965 e. The van der Waals surface area contributed by atoms with Gasteiger partial charge in [-0.05, 0) is 37.8 Å². The van der Waals surface area contributed by atoms with Crippen LogP contribution in [0, 0.1) is 10.8 Å². The third-order valence-electron chi connectivity index (χ3n) is 5.19. The summed E-state index contributed by atoms with van der Waals surface area (Å²) in [6, 6.07) is 0. The molecular formula is C15H30FN. The van der Waals surface area contributed by atoms with Gasteiger partial charge in [0.15, 0.2) is 0 Å². The lowest BCUT2D eigenvalue weighted by Gasteiger charge is -2.54. The van der Waals surface area contributed by atoms with E-state index in [9.17, 15) is 4.39 Å². The Morgan fingerprint density at radius 2 is 1.94 bits per heavy atom. The number of rotatable bonds is 6. The Kier molecular flexibility index (Phi) is 5.43. The Bertz CT molecular complexity index is 231. The Morgan fingerprint density at radius 3 is 2.41 bits per heavy atom. The first-order valence-corrected chi connectivity index (χ1v) is 7.36. The van der Waals surface area contributed by atoms with Gasteiger partial charge >= 0.3 is 0 Å². The molecule has 1 aliphatic heterocycles. The molecule has 0 aromatic rings. The van der Waals surface area contributed by atoms with E-state index in [1.165, 1.54) is 25.7 Å². The standard InChI is InChI=1S/C15H30FN/c1-5-8-9-15(6-2)10-11-17(7-3)13-14(15,4)12-16/h5-13H2,1-4H3. The van der Waals surface area contributed by atoms with Gasteiger partial charge in [0.25, 0.3) is 0 Å². The van der Waals surface area contributed by atoms with Crippen molar-refractivity contribution in [2.75, 3.05) is 26.3 Å². The fraction of sp³-hybridized carbons (Fsp3) is 1.00. The number of unbranched alkanes of at least 4 members (excludes halogenated alkanes) is 1. The van der Waals surface area contributed by atoms with Crippen LogP contribution in [0.25, 0.3) is 0 Å². The molecule has 1 rings (SSSR count). The van der Waals surface area contributed by atoms with Gasteiger partial charge in [0.2, 0.25) is 0 Å². The van der Waals surface area contributed by atoms with Crippen molar-refractivity contribution in [2.24, 2.45) is 10.8 Å². The molecule has 2 heteroatoms. The molecule has 0 saturated carbocycles. The van der Waals surface area contributed by atoms with E-state index in [4.69, 9.17) is 0 Å². The normalized spacial score (nSPS) is 35.1.